The topological polar surface area (TPSA) is 9.23 Å². The summed E-state index contributed by atoms with van der Waals surface area (Å²) < 4.78 is 5.65. The molecule has 2 aromatic carbocycles. The molecule has 1 heterocycles. The second-order valence-corrected chi connectivity index (χ2v) is 4.03. The van der Waals surface area contributed by atoms with E-state index in [0.717, 1.165) is 12.4 Å². The Morgan fingerprint density at radius 1 is 0.941 bits per heavy atom. The van der Waals surface area contributed by atoms with E-state index < -0.39 is 0 Å². The Hall–Kier alpha value is -1.29. The second kappa shape index (κ2) is 5.36. The molecule has 0 aliphatic carbocycles. The fraction of sp³-hybridized carbons (Fsp3) is 0.133. The summed E-state index contributed by atoms with van der Waals surface area (Å²) in [6, 6.07) is 18.7. The van der Waals surface area contributed by atoms with Crippen molar-refractivity contribution < 1.29 is 23.6 Å². The van der Waals surface area contributed by atoms with Gasteiger partial charge in [-0.2, -0.15) is 24.1 Å². The van der Waals surface area contributed by atoms with Crippen molar-refractivity contribution in [3.63, 3.8) is 0 Å². The number of benzene rings is 2. The van der Waals surface area contributed by atoms with Crippen LogP contribution in [-0.2, 0) is 0 Å². The summed E-state index contributed by atoms with van der Waals surface area (Å²) in [7, 11) is 0. The molecule has 3 rings (SSSR count). The van der Waals surface area contributed by atoms with E-state index in [2.05, 4.69) is 42.8 Å². The van der Waals surface area contributed by atoms with Crippen LogP contribution in [0, 0.1) is 6.42 Å². The number of fused-ring (bicyclic) bond motifs is 1. The summed E-state index contributed by atoms with van der Waals surface area (Å²) >= 11 is 0. The predicted molar refractivity (Wildman–Crippen MR) is 64.5 cm³/mol. The molecular formula is C15H13LiO. The quantitative estimate of drug-likeness (QED) is 0.522. The molecule has 0 N–H and O–H groups in total. The standard InChI is InChI=1S/C15H13O.Li/c1-2-6-12(7-3-1)10-13-11-16-15-9-5-4-8-14(13)15;/h1-10,13H,11H2;/q-1;+1/t13-;/m0./s1. The van der Waals surface area contributed by atoms with Gasteiger partial charge in [0.25, 0.3) is 0 Å². The van der Waals surface area contributed by atoms with Gasteiger partial charge in [-0.15, -0.1) is 12.1 Å². The fourth-order valence-electron chi connectivity index (χ4n) is 2.12. The summed E-state index contributed by atoms with van der Waals surface area (Å²) in [4.78, 5) is 0. The monoisotopic (exact) mass is 216 g/mol. The van der Waals surface area contributed by atoms with Gasteiger partial charge in [-0.3, -0.25) is 0 Å². The van der Waals surface area contributed by atoms with E-state index >= 15 is 0 Å². The Morgan fingerprint density at radius 2 is 1.65 bits per heavy atom. The molecule has 0 amide bonds. The Morgan fingerprint density at radius 3 is 2.47 bits per heavy atom. The third kappa shape index (κ3) is 2.52. The van der Waals surface area contributed by atoms with Gasteiger partial charge < -0.3 is 4.74 Å². The van der Waals surface area contributed by atoms with Crippen molar-refractivity contribution in [3.8, 4) is 5.75 Å². The average Bonchev–Trinajstić information content (AvgIpc) is 2.74. The zero-order chi connectivity index (χ0) is 10.8. The fourth-order valence-corrected chi connectivity index (χ4v) is 2.12. The minimum atomic E-state index is 0. The van der Waals surface area contributed by atoms with Gasteiger partial charge in [0.05, 0.1) is 6.61 Å². The molecule has 17 heavy (non-hydrogen) atoms. The molecule has 1 aliphatic heterocycles. The van der Waals surface area contributed by atoms with Gasteiger partial charge in [-0.25, -0.2) is 0 Å². The van der Waals surface area contributed by atoms with Gasteiger partial charge in [0.2, 0.25) is 0 Å². The molecule has 1 atom stereocenters. The Kier molecular flexibility index (Phi) is 3.84. The molecule has 0 saturated heterocycles. The molecule has 2 heteroatoms. The third-order valence-electron chi connectivity index (χ3n) is 2.93. The molecule has 2 aromatic rings. The maximum atomic E-state index is 5.65. The average molecular weight is 216 g/mol. The van der Waals surface area contributed by atoms with Crippen molar-refractivity contribution in [1.29, 1.82) is 0 Å². The molecule has 1 nitrogen and oxygen atoms in total. The minimum Gasteiger partial charge on any atom is -0.493 e. The number of hydrogen-bond acceptors (Lipinski definition) is 1. The minimum absolute atomic E-state index is 0. The van der Waals surface area contributed by atoms with Crippen LogP contribution in [0.5, 0.6) is 5.75 Å². The van der Waals surface area contributed by atoms with E-state index in [1.807, 2.05) is 18.2 Å². The van der Waals surface area contributed by atoms with Crippen LogP contribution in [0.1, 0.15) is 17.0 Å². The van der Waals surface area contributed by atoms with Gasteiger partial charge in [-0.05, 0) is 17.5 Å². The number of hydrogen-bond donors (Lipinski definition) is 0. The first kappa shape index (κ1) is 12.2. The van der Waals surface area contributed by atoms with Crippen LogP contribution in [-0.4, -0.2) is 6.61 Å². The van der Waals surface area contributed by atoms with Gasteiger partial charge in [0, 0.05) is 0 Å². The first-order chi connectivity index (χ1) is 7.93. The van der Waals surface area contributed by atoms with Crippen LogP contribution < -0.4 is 23.6 Å². The maximum Gasteiger partial charge on any atom is 1.00 e. The summed E-state index contributed by atoms with van der Waals surface area (Å²) in [6.07, 6.45) is 2.27. The van der Waals surface area contributed by atoms with Crippen LogP contribution >= 0.6 is 0 Å². The summed E-state index contributed by atoms with van der Waals surface area (Å²) in [6.45, 7) is 0.758. The zero-order valence-electron chi connectivity index (χ0n) is 9.97. The number of para-hydroxylation sites is 1. The molecule has 0 unspecified atom stereocenters. The van der Waals surface area contributed by atoms with Crippen molar-refractivity contribution in [2.24, 2.45) is 0 Å². The van der Waals surface area contributed by atoms with Crippen molar-refractivity contribution >= 4 is 0 Å². The van der Waals surface area contributed by atoms with Crippen LogP contribution in [0.4, 0.5) is 0 Å². The van der Waals surface area contributed by atoms with E-state index in [1.165, 1.54) is 11.1 Å². The molecule has 0 fully saturated rings. The van der Waals surface area contributed by atoms with Gasteiger partial charge in [-0.1, -0.05) is 24.3 Å². The Labute approximate surface area is 114 Å². The first-order valence-electron chi connectivity index (χ1n) is 5.55. The van der Waals surface area contributed by atoms with E-state index in [0.29, 0.717) is 5.92 Å². The van der Waals surface area contributed by atoms with Crippen molar-refractivity contribution in [1.82, 2.24) is 0 Å². The second-order valence-electron chi connectivity index (χ2n) is 4.03. The largest absolute Gasteiger partial charge is 1.00 e. The van der Waals surface area contributed by atoms with Crippen LogP contribution in [0.3, 0.4) is 0 Å². The van der Waals surface area contributed by atoms with E-state index in [-0.39, 0.29) is 18.9 Å². The summed E-state index contributed by atoms with van der Waals surface area (Å²) in [5, 5.41) is 0. The van der Waals surface area contributed by atoms with Crippen LogP contribution in [0.2, 0.25) is 0 Å². The predicted octanol–water partition coefficient (Wildman–Crippen LogP) is 0.419. The normalized spacial score (nSPS) is 16.6. The van der Waals surface area contributed by atoms with E-state index in [1.54, 1.807) is 0 Å². The molecule has 0 spiro atoms. The van der Waals surface area contributed by atoms with Crippen molar-refractivity contribution in [3.05, 3.63) is 72.1 Å². The van der Waals surface area contributed by atoms with Crippen molar-refractivity contribution in [2.45, 2.75) is 5.92 Å². The van der Waals surface area contributed by atoms with Gasteiger partial charge >= 0.3 is 18.9 Å². The molecule has 0 saturated carbocycles. The van der Waals surface area contributed by atoms with Crippen molar-refractivity contribution in [2.75, 3.05) is 6.61 Å². The molecule has 1 aliphatic rings. The smallest absolute Gasteiger partial charge is 0.493 e. The SMILES string of the molecule is [Li+].c1ccc([CH-][C@H]2COc3ccccc32)cc1. The molecule has 80 valence electrons. The third-order valence-corrected chi connectivity index (χ3v) is 2.93. The van der Waals surface area contributed by atoms with E-state index in [9.17, 15) is 0 Å². The molecular weight excluding hydrogens is 203 g/mol. The number of rotatable bonds is 2. The summed E-state index contributed by atoms with van der Waals surface area (Å²) in [5.41, 5.74) is 2.55. The molecule has 0 radical (unpaired) electrons. The van der Waals surface area contributed by atoms with E-state index in [4.69, 9.17) is 4.74 Å². The Bertz CT molecular complexity index is 481. The first-order valence-corrected chi connectivity index (χ1v) is 5.55. The van der Waals surface area contributed by atoms with Crippen LogP contribution in [0.25, 0.3) is 0 Å². The number of ether oxygens (including phenoxy) is 1. The van der Waals surface area contributed by atoms with Gasteiger partial charge in [0.1, 0.15) is 5.75 Å². The summed E-state index contributed by atoms with van der Waals surface area (Å²) in [5.74, 6) is 1.42. The molecule has 0 aromatic heterocycles. The maximum absolute atomic E-state index is 5.65. The van der Waals surface area contributed by atoms with Crippen LogP contribution in [0.15, 0.2) is 54.6 Å². The Balaban J connectivity index is 0.00000108. The van der Waals surface area contributed by atoms with Gasteiger partial charge in [0.15, 0.2) is 0 Å². The zero-order valence-corrected chi connectivity index (χ0v) is 9.97. The molecule has 0 bridgehead atoms.